The summed E-state index contributed by atoms with van der Waals surface area (Å²) >= 11 is 0. The molecule has 0 spiro atoms. The minimum absolute atomic E-state index is 0. The van der Waals surface area contributed by atoms with Crippen LogP contribution in [-0.2, 0) is 6.54 Å². The van der Waals surface area contributed by atoms with Gasteiger partial charge in [-0.05, 0) is 31.8 Å². The minimum atomic E-state index is -0.0638. The minimum Gasteiger partial charge on any atom is -0.351 e. The molecule has 0 saturated heterocycles. The molecule has 0 bridgehead atoms. The van der Waals surface area contributed by atoms with E-state index < -0.39 is 0 Å². The number of carbonyl (C=O) groups excluding carboxylic acids is 1. The highest BCUT2D eigenvalue weighted by Gasteiger charge is 2.05. The smallest absolute Gasteiger partial charge is 0.251 e. The number of amides is 1. The zero-order chi connectivity index (χ0) is 12.0. The largest absolute Gasteiger partial charge is 0.351 e. The van der Waals surface area contributed by atoms with Crippen LogP contribution in [0, 0.1) is 0 Å². The second kappa shape index (κ2) is 10.1. The normalized spacial score (nSPS) is 9.33. The number of nitrogens with zero attached hydrogens (tertiary/aromatic N) is 1. The summed E-state index contributed by atoms with van der Waals surface area (Å²) in [6, 6.07) is 7.63. The van der Waals surface area contributed by atoms with Crippen LogP contribution in [0.5, 0.6) is 0 Å². The molecule has 0 atom stereocenters. The molecule has 6 heteroatoms. The quantitative estimate of drug-likeness (QED) is 0.860. The number of benzene rings is 1. The third kappa shape index (κ3) is 6.81. The van der Waals surface area contributed by atoms with E-state index in [1.54, 1.807) is 0 Å². The molecule has 0 fully saturated rings. The van der Waals surface area contributed by atoms with Gasteiger partial charge >= 0.3 is 0 Å². The average molecular weight is 294 g/mol. The van der Waals surface area contributed by atoms with Crippen LogP contribution in [0.25, 0.3) is 0 Å². The Labute approximate surface area is 121 Å². The fourth-order valence-corrected chi connectivity index (χ4v) is 1.46. The molecule has 104 valence electrons. The molecule has 3 N–H and O–H groups in total. The predicted molar refractivity (Wildman–Crippen MR) is 79.7 cm³/mol. The van der Waals surface area contributed by atoms with Crippen molar-refractivity contribution in [2.45, 2.75) is 6.54 Å². The van der Waals surface area contributed by atoms with E-state index in [0.29, 0.717) is 18.7 Å². The van der Waals surface area contributed by atoms with Crippen molar-refractivity contribution in [1.82, 2.24) is 10.2 Å². The van der Waals surface area contributed by atoms with Crippen molar-refractivity contribution in [3.05, 3.63) is 35.4 Å². The average Bonchev–Trinajstić information content (AvgIpc) is 2.25. The van der Waals surface area contributed by atoms with Crippen molar-refractivity contribution in [1.29, 1.82) is 0 Å². The topological polar surface area (TPSA) is 58.4 Å². The summed E-state index contributed by atoms with van der Waals surface area (Å²) in [5, 5.41) is 2.75. The van der Waals surface area contributed by atoms with E-state index in [1.807, 2.05) is 38.4 Å². The van der Waals surface area contributed by atoms with E-state index in [1.165, 1.54) is 0 Å². The van der Waals surface area contributed by atoms with E-state index in [4.69, 9.17) is 5.73 Å². The van der Waals surface area contributed by atoms with Gasteiger partial charge in [-0.25, -0.2) is 0 Å². The van der Waals surface area contributed by atoms with Gasteiger partial charge in [0.25, 0.3) is 5.91 Å². The molecule has 0 aliphatic carbocycles. The van der Waals surface area contributed by atoms with E-state index in [9.17, 15) is 4.79 Å². The highest BCUT2D eigenvalue weighted by atomic mass is 35.5. The van der Waals surface area contributed by atoms with Gasteiger partial charge in [0.15, 0.2) is 0 Å². The van der Waals surface area contributed by atoms with Crippen LogP contribution in [0.2, 0.25) is 0 Å². The molecule has 1 rings (SSSR count). The first-order valence-electron chi connectivity index (χ1n) is 5.35. The number of rotatable bonds is 5. The summed E-state index contributed by atoms with van der Waals surface area (Å²) in [7, 11) is 4.00. The number of halogens is 2. The van der Waals surface area contributed by atoms with Crippen molar-refractivity contribution in [3.8, 4) is 0 Å². The van der Waals surface area contributed by atoms with Gasteiger partial charge < -0.3 is 16.0 Å². The Morgan fingerprint density at radius 1 is 1.33 bits per heavy atom. The lowest BCUT2D eigenvalue weighted by Crippen LogP contribution is -2.29. The zero-order valence-electron chi connectivity index (χ0n) is 10.7. The van der Waals surface area contributed by atoms with Crippen LogP contribution in [-0.4, -0.2) is 38.0 Å². The first-order valence-corrected chi connectivity index (χ1v) is 5.35. The molecule has 0 saturated carbocycles. The summed E-state index contributed by atoms with van der Waals surface area (Å²) in [6.07, 6.45) is 0. The standard InChI is InChI=1S/C12H19N3O.2ClH/c1-15(2)9-10-4-3-5-11(8-10)12(16)14-7-6-13;;/h3-5,8H,6-7,9,13H2,1-2H3,(H,14,16);2*1H. The van der Waals surface area contributed by atoms with E-state index >= 15 is 0 Å². The summed E-state index contributed by atoms with van der Waals surface area (Å²) in [4.78, 5) is 13.7. The van der Waals surface area contributed by atoms with Crippen LogP contribution in [0.15, 0.2) is 24.3 Å². The predicted octanol–water partition coefficient (Wildman–Crippen LogP) is 1.28. The van der Waals surface area contributed by atoms with Crippen molar-refractivity contribution in [2.75, 3.05) is 27.2 Å². The van der Waals surface area contributed by atoms with Crippen molar-refractivity contribution in [3.63, 3.8) is 0 Å². The van der Waals surface area contributed by atoms with Gasteiger partial charge in [-0.3, -0.25) is 4.79 Å². The molecule has 0 unspecified atom stereocenters. The van der Waals surface area contributed by atoms with Gasteiger partial charge in [0.2, 0.25) is 0 Å². The molecule has 0 aliphatic heterocycles. The maximum Gasteiger partial charge on any atom is 0.251 e. The highest BCUT2D eigenvalue weighted by molar-refractivity contribution is 5.94. The first kappa shape index (κ1) is 19.5. The van der Waals surface area contributed by atoms with Gasteiger partial charge in [-0.15, -0.1) is 24.8 Å². The Morgan fingerprint density at radius 2 is 2.00 bits per heavy atom. The molecule has 0 heterocycles. The van der Waals surface area contributed by atoms with Crippen molar-refractivity contribution < 1.29 is 4.79 Å². The first-order chi connectivity index (χ1) is 7.63. The number of nitrogens with two attached hydrogens (primary N) is 1. The Morgan fingerprint density at radius 3 is 2.56 bits per heavy atom. The lowest BCUT2D eigenvalue weighted by molar-refractivity contribution is 0.0954. The Hall–Kier alpha value is -0.810. The molecule has 0 radical (unpaired) electrons. The Balaban J connectivity index is 0. The second-order valence-corrected chi connectivity index (χ2v) is 3.98. The third-order valence-corrected chi connectivity index (χ3v) is 2.12. The van der Waals surface area contributed by atoms with Crippen molar-refractivity contribution >= 4 is 30.7 Å². The monoisotopic (exact) mass is 293 g/mol. The maximum atomic E-state index is 11.7. The molecule has 1 aromatic rings. The number of hydrogen-bond acceptors (Lipinski definition) is 3. The summed E-state index contributed by atoms with van der Waals surface area (Å²) in [5.74, 6) is -0.0638. The Bertz CT molecular complexity index is 359. The van der Waals surface area contributed by atoms with E-state index in [0.717, 1.165) is 12.1 Å². The third-order valence-electron chi connectivity index (χ3n) is 2.12. The van der Waals surface area contributed by atoms with Crippen LogP contribution >= 0.6 is 24.8 Å². The number of nitrogens with one attached hydrogen (secondary N) is 1. The van der Waals surface area contributed by atoms with Crippen molar-refractivity contribution in [2.24, 2.45) is 5.73 Å². The molecular weight excluding hydrogens is 273 g/mol. The van der Waals surface area contributed by atoms with Crippen LogP contribution in [0.1, 0.15) is 15.9 Å². The zero-order valence-corrected chi connectivity index (χ0v) is 12.3. The molecular formula is C12H21Cl2N3O. The summed E-state index contributed by atoms with van der Waals surface area (Å²) in [5.41, 5.74) is 7.15. The molecule has 1 amide bonds. The van der Waals surface area contributed by atoms with E-state index in [-0.39, 0.29) is 30.7 Å². The summed E-state index contributed by atoms with van der Waals surface area (Å²) < 4.78 is 0. The Kier molecular flexibility index (Phi) is 11.0. The second-order valence-electron chi connectivity index (χ2n) is 3.98. The fraction of sp³-hybridized carbons (Fsp3) is 0.417. The fourth-order valence-electron chi connectivity index (χ4n) is 1.46. The van der Waals surface area contributed by atoms with Gasteiger partial charge in [0, 0.05) is 25.2 Å². The molecule has 18 heavy (non-hydrogen) atoms. The molecule has 1 aromatic carbocycles. The SMILES string of the molecule is CN(C)Cc1cccc(C(=O)NCCN)c1.Cl.Cl. The molecule has 0 aliphatic rings. The highest BCUT2D eigenvalue weighted by Crippen LogP contribution is 2.06. The van der Waals surface area contributed by atoms with Crippen LogP contribution in [0.4, 0.5) is 0 Å². The molecule has 0 aromatic heterocycles. The van der Waals surface area contributed by atoms with Crippen LogP contribution < -0.4 is 11.1 Å². The van der Waals surface area contributed by atoms with E-state index in [2.05, 4.69) is 10.2 Å². The van der Waals surface area contributed by atoms with Gasteiger partial charge in [-0.2, -0.15) is 0 Å². The maximum absolute atomic E-state index is 11.7. The number of hydrogen-bond donors (Lipinski definition) is 2. The lowest BCUT2D eigenvalue weighted by atomic mass is 10.1. The molecule has 4 nitrogen and oxygen atoms in total. The van der Waals surface area contributed by atoms with Crippen LogP contribution in [0.3, 0.4) is 0 Å². The van der Waals surface area contributed by atoms with Gasteiger partial charge in [0.05, 0.1) is 0 Å². The van der Waals surface area contributed by atoms with Gasteiger partial charge in [-0.1, -0.05) is 12.1 Å². The lowest BCUT2D eigenvalue weighted by Gasteiger charge is -2.10. The number of carbonyl (C=O) groups is 1. The van der Waals surface area contributed by atoms with Gasteiger partial charge in [0.1, 0.15) is 0 Å². The summed E-state index contributed by atoms with van der Waals surface area (Å²) in [6.45, 7) is 1.80.